The van der Waals surface area contributed by atoms with Crippen LogP contribution in [0.15, 0.2) is 35.2 Å². The van der Waals surface area contributed by atoms with Crippen molar-refractivity contribution in [1.82, 2.24) is 4.31 Å². The molecule has 2 aromatic carbocycles. The number of amides is 1. The molecule has 1 aliphatic heterocycles. The first-order chi connectivity index (χ1) is 15.1. The molecule has 0 atom stereocenters. The Hall–Kier alpha value is -2.75. The van der Waals surface area contributed by atoms with E-state index in [9.17, 15) is 18.0 Å². The van der Waals surface area contributed by atoms with Crippen molar-refractivity contribution < 1.29 is 27.5 Å². The lowest BCUT2D eigenvalue weighted by Gasteiger charge is -2.26. The second-order valence-corrected chi connectivity index (χ2v) is 9.83. The molecule has 0 saturated carbocycles. The molecule has 1 aliphatic rings. The van der Waals surface area contributed by atoms with Crippen molar-refractivity contribution in [3.63, 3.8) is 0 Å². The van der Waals surface area contributed by atoms with Gasteiger partial charge < -0.3 is 14.8 Å². The second-order valence-electron chi connectivity index (χ2n) is 7.89. The first-order valence-corrected chi connectivity index (χ1v) is 11.8. The van der Waals surface area contributed by atoms with Gasteiger partial charge in [-0.25, -0.2) is 13.2 Å². The van der Waals surface area contributed by atoms with Gasteiger partial charge in [0, 0.05) is 18.8 Å². The Kier molecular flexibility index (Phi) is 7.33. The summed E-state index contributed by atoms with van der Waals surface area (Å²) in [6.45, 7) is 8.14. The SMILES string of the molecule is Cc1cc(C)c(NC(=O)COC(=O)c2cc(S(=O)(=O)N3CCOCC3)ccc2C)c(C)c1. The standard InChI is InChI=1S/C23H28N2O6S/c1-15-11-17(3)22(18(4)12-15)24-21(26)14-31-23(27)20-13-19(6-5-16(20)2)32(28,29)25-7-9-30-10-8-25/h5-6,11-13H,7-10,14H2,1-4H3,(H,24,26). The summed E-state index contributed by atoms with van der Waals surface area (Å²) in [6.07, 6.45) is 0. The number of nitrogens with one attached hydrogen (secondary N) is 1. The minimum atomic E-state index is -3.75. The Morgan fingerprint density at radius 2 is 1.62 bits per heavy atom. The highest BCUT2D eigenvalue weighted by Gasteiger charge is 2.27. The number of morpholine rings is 1. The lowest BCUT2D eigenvalue weighted by Crippen LogP contribution is -2.40. The Labute approximate surface area is 188 Å². The van der Waals surface area contributed by atoms with Crippen LogP contribution in [0.5, 0.6) is 0 Å². The number of ether oxygens (including phenoxy) is 2. The smallest absolute Gasteiger partial charge is 0.338 e. The number of benzene rings is 2. The van der Waals surface area contributed by atoms with Gasteiger partial charge in [-0.05, 0) is 56.5 Å². The van der Waals surface area contributed by atoms with Crippen molar-refractivity contribution in [2.75, 3.05) is 38.2 Å². The Bertz CT molecular complexity index is 1110. The normalized spacial score (nSPS) is 14.8. The quantitative estimate of drug-likeness (QED) is 0.665. The van der Waals surface area contributed by atoms with E-state index in [-0.39, 0.29) is 23.5 Å². The summed E-state index contributed by atoms with van der Waals surface area (Å²) in [5.74, 6) is -1.22. The van der Waals surface area contributed by atoms with Crippen LogP contribution in [0.2, 0.25) is 0 Å². The maximum absolute atomic E-state index is 12.9. The van der Waals surface area contributed by atoms with Gasteiger partial charge in [-0.3, -0.25) is 4.79 Å². The highest BCUT2D eigenvalue weighted by molar-refractivity contribution is 7.89. The van der Waals surface area contributed by atoms with Crippen molar-refractivity contribution >= 4 is 27.6 Å². The zero-order valence-corrected chi connectivity index (χ0v) is 19.5. The predicted molar refractivity (Wildman–Crippen MR) is 120 cm³/mol. The Balaban J connectivity index is 1.70. The first kappa shape index (κ1) is 23.9. The van der Waals surface area contributed by atoms with Crippen molar-refractivity contribution in [3.8, 4) is 0 Å². The Morgan fingerprint density at radius 1 is 1.00 bits per heavy atom. The molecule has 1 saturated heterocycles. The largest absolute Gasteiger partial charge is 0.452 e. The molecule has 1 N–H and O–H groups in total. The minimum Gasteiger partial charge on any atom is -0.452 e. The van der Waals surface area contributed by atoms with Gasteiger partial charge in [0.1, 0.15) is 0 Å². The van der Waals surface area contributed by atoms with Gasteiger partial charge in [-0.2, -0.15) is 4.31 Å². The summed E-state index contributed by atoms with van der Waals surface area (Å²) >= 11 is 0. The highest BCUT2D eigenvalue weighted by atomic mass is 32.2. The fourth-order valence-corrected chi connectivity index (χ4v) is 5.11. The summed E-state index contributed by atoms with van der Waals surface area (Å²) in [5, 5.41) is 2.78. The number of rotatable bonds is 6. The van der Waals surface area contributed by atoms with Crippen LogP contribution in [0, 0.1) is 27.7 Å². The van der Waals surface area contributed by atoms with Crippen molar-refractivity contribution in [2.24, 2.45) is 0 Å². The van der Waals surface area contributed by atoms with E-state index in [2.05, 4.69) is 5.32 Å². The average molecular weight is 461 g/mol. The first-order valence-electron chi connectivity index (χ1n) is 10.3. The molecule has 172 valence electrons. The van der Waals surface area contributed by atoms with Crippen LogP contribution in [0.3, 0.4) is 0 Å². The molecule has 2 aromatic rings. The summed E-state index contributed by atoms with van der Waals surface area (Å²) in [6, 6.07) is 8.24. The minimum absolute atomic E-state index is 0.00677. The molecule has 3 rings (SSSR count). The third-order valence-corrected chi connectivity index (χ3v) is 7.21. The van der Waals surface area contributed by atoms with Crippen LogP contribution in [0.25, 0.3) is 0 Å². The average Bonchev–Trinajstić information content (AvgIpc) is 2.75. The van der Waals surface area contributed by atoms with Crippen LogP contribution in [0.4, 0.5) is 5.69 Å². The summed E-state index contributed by atoms with van der Waals surface area (Å²) in [7, 11) is -3.75. The summed E-state index contributed by atoms with van der Waals surface area (Å²) in [5.41, 5.74) is 4.27. The Morgan fingerprint density at radius 3 is 2.25 bits per heavy atom. The molecular weight excluding hydrogens is 432 g/mol. The van der Waals surface area contributed by atoms with E-state index in [0.29, 0.717) is 24.5 Å². The van der Waals surface area contributed by atoms with Crippen molar-refractivity contribution in [2.45, 2.75) is 32.6 Å². The lowest BCUT2D eigenvalue weighted by atomic mass is 10.1. The van der Waals surface area contributed by atoms with Gasteiger partial charge in [0.15, 0.2) is 6.61 Å². The number of hydrogen-bond donors (Lipinski definition) is 1. The monoisotopic (exact) mass is 460 g/mol. The molecule has 1 fully saturated rings. The molecule has 32 heavy (non-hydrogen) atoms. The number of anilines is 1. The summed E-state index contributed by atoms with van der Waals surface area (Å²) < 4.78 is 37.5. The topological polar surface area (TPSA) is 102 Å². The molecule has 8 nitrogen and oxygen atoms in total. The number of carbonyl (C=O) groups is 2. The third-order valence-electron chi connectivity index (χ3n) is 5.31. The molecular formula is C23H28N2O6S. The fourth-order valence-electron chi connectivity index (χ4n) is 3.68. The van der Waals surface area contributed by atoms with E-state index >= 15 is 0 Å². The van der Waals surface area contributed by atoms with E-state index in [1.807, 2.05) is 32.9 Å². The second kappa shape index (κ2) is 9.81. The zero-order chi connectivity index (χ0) is 23.5. The van der Waals surface area contributed by atoms with E-state index in [0.717, 1.165) is 16.7 Å². The molecule has 0 unspecified atom stereocenters. The van der Waals surface area contributed by atoms with Crippen LogP contribution in [0.1, 0.15) is 32.6 Å². The molecule has 0 aliphatic carbocycles. The predicted octanol–water partition coefficient (Wildman–Crippen LogP) is 2.74. The molecule has 1 amide bonds. The number of nitrogens with zero attached hydrogens (tertiary/aromatic N) is 1. The van der Waals surface area contributed by atoms with Crippen LogP contribution < -0.4 is 5.32 Å². The molecule has 0 radical (unpaired) electrons. The van der Waals surface area contributed by atoms with E-state index < -0.39 is 28.5 Å². The number of carbonyl (C=O) groups excluding carboxylic acids is 2. The molecule has 0 aromatic heterocycles. The van der Waals surface area contributed by atoms with Gasteiger partial charge in [0.25, 0.3) is 5.91 Å². The molecule has 9 heteroatoms. The van der Waals surface area contributed by atoms with Gasteiger partial charge in [0.05, 0.1) is 23.7 Å². The van der Waals surface area contributed by atoms with Gasteiger partial charge in [-0.1, -0.05) is 23.8 Å². The lowest BCUT2D eigenvalue weighted by molar-refractivity contribution is -0.119. The zero-order valence-electron chi connectivity index (χ0n) is 18.7. The van der Waals surface area contributed by atoms with E-state index in [4.69, 9.17) is 9.47 Å². The molecule has 0 spiro atoms. The number of sulfonamides is 1. The molecule has 1 heterocycles. The van der Waals surface area contributed by atoms with Gasteiger partial charge >= 0.3 is 5.97 Å². The van der Waals surface area contributed by atoms with Crippen molar-refractivity contribution in [1.29, 1.82) is 0 Å². The molecule has 0 bridgehead atoms. The van der Waals surface area contributed by atoms with Crippen molar-refractivity contribution in [3.05, 3.63) is 58.1 Å². The maximum Gasteiger partial charge on any atom is 0.338 e. The van der Waals surface area contributed by atoms with Crippen LogP contribution in [-0.2, 0) is 24.3 Å². The number of aryl methyl sites for hydroxylation is 4. The van der Waals surface area contributed by atoms with E-state index in [1.54, 1.807) is 13.0 Å². The van der Waals surface area contributed by atoms with Gasteiger partial charge in [0.2, 0.25) is 10.0 Å². The number of esters is 1. The van der Waals surface area contributed by atoms with E-state index in [1.165, 1.54) is 16.4 Å². The van der Waals surface area contributed by atoms with Crippen LogP contribution >= 0.6 is 0 Å². The van der Waals surface area contributed by atoms with Crippen LogP contribution in [-0.4, -0.2) is 57.5 Å². The number of hydrogen-bond acceptors (Lipinski definition) is 6. The summed E-state index contributed by atoms with van der Waals surface area (Å²) in [4.78, 5) is 25.0. The fraction of sp³-hybridized carbons (Fsp3) is 0.391. The van der Waals surface area contributed by atoms with Gasteiger partial charge in [-0.15, -0.1) is 0 Å². The highest BCUT2D eigenvalue weighted by Crippen LogP contribution is 2.23. The maximum atomic E-state index is 12.9. The third kappa shape index (κ3) is 5.35.